The van der Waals surface area contributed by atoms with Crippen molar-refractivity contribution in [3.63, 3.8) is 0 Å². The summed E-state index contributed by atoms with van der Waals surface area (Å²) in [6, 6.07) is 12.6. The van der Waals surface area contributed by atoms with Gasteiger partial charge in [-0.2, -0.15) is 0 Å². The van der Waals surface area contributed by atoms with Crippen molar-refractivity contribution < 1.29 is 9.53 Å². The first-order valence-electron chi connectivity index (χ1n) is 10.1. The molecular weight excluding hydrogens is 380 g/mol. The first-order valence-corrected chi connectivity index (χ1v) is 10.1. The molecule has 0 unspecified atom stereocenters. The second-order valence-electron chi connectivity index (χ2n) is 7.31. The molecule has 0 radical (unpaired) electrons. The van der Waals surface area contributed by atoms with Crippen molar-refractivity contribution in [3.8, 4) is 17.0 Å². The molecule has 7 heteroatoms. The van der Waals surface area contributed by atoms with Crippen LogP contribution in [-0.2, 0) is 11.2 Å². The Bertz CT molecular complexity index is 1080. The molecule has 0 spiro atoms. The number of likely N-dealkylation sites (tertiary alicyclic amines) is 1. The van der Waals surface area contributed by atoms with Crippen LogP contribution in [0.2, 0.25) is 0 Å². The van der Waals surface area contributed by atoms with Crippen molar-refractivity contribution in [2.45, 2.75) is 31.7 Å². The Morgan fingerprint density at radius 3 is 2.83 bits per heavy atom. The van der Waals surface area contributed by atoms with Crippen molar-refractivity contribution in [3.05, 3.63) is 76.6 Å². The molecule has 1 aromatic carbocycles. The Morgan fingerprint density at radius 2 is 2.03 bits per heavy atom. The molecule has 0 aliphatic carbocycles. The van der Waals surface area contributed by atoms with Crippen LogP contribution in [0.3, 0.4) is 0 Å². The van der Waals surface area contributed by atoms with E-state index in [9.17, 15) is 9.59 Å². The molecule has 1 saturated heterocycles. The van der Waals surface area contributed by atoms with E-state index in [4.69, 9.17) is 4.74 Å². The minimum atomic E-state index is -0.222. The molecule has 3 heterocycles. The number of carbonyl (C=O) groups is 1. The van der Waals surface area contributed by atoms with E-state index in [-0.39, 0.29) is 17.5 Å². The average molecular weight is 404 g/mol. The van der Waals surface area contributed by atoms with E-state index in [1.807, 2.05) is 41.3 Å². The highest BCUT2D eigenvalue weighted by Gasteiger charge is 2.31. The number of ether oxygens (including phenoxy) is 1. The zero-order chi connectivity index (χ0) is 20.9. The van der Waals surface area contributed by atoms with Crippen LogP contribution >= 0.6 is 0 Å². The van der Waals surface area contributed by atoms with Gasteiger partial charge in [0.25, 0.3) is 5.56 Å². The maximum Gasteiger partial charge on any atom is 0.251 e. The maximum absolute atomic E-state index is 13.0. The van der Waals surface area contributed by atoms with E-state index in [1.54, 1.807) is 19.5 Å². The smallest absolute Gasteiger partial charge is 0.251 e. The van der Waals surface area contributed by atoms with Gasteiger partial charge in [-0.25, -0.2) is 4.98 Å². The molecule has 2 aromatic heterocycles. The number of amides is 1. The number of nitrogens with one attached hydrogen (secondary N) is 1. The fraction of sp³-hybridized carbons (Fsp3) is 0.304. The maximum atomic E-state index is 13.0. The number of benzene rings is 1. The molecule has 7 nitrogen and oxygen atoms in total. The molecule has 1 fully saturated rings. The van der Waals surface area contributed by atoms with Crippen molar-refractivity contribution in [2.24, 2.45) is 0 Å². The number of rotatable bonds is 6. The number of methoxy groups -OCH3 is 1. The molecule has 0 bridgehead atoms. The van der Waals surface area contributed by atoms with E-state index >= 15 is 0 Å². The van der Waals surface area contributed by atoms with Gasteiger partial charge in [-0.15, -0.1) is 0 Å². The number of carbonyl (C=O) groups excluding carboxylic acids is 1. The number of H-pyrrole nitrogens is 1. The monoisotopic (exact) mass is 404 g/mol. The third kappa shape index (κ3) is 4.25. The zero-order valence-corrected chi connectivity index (χ0v) is 16.9. The predicted molar refractivity (Wildman–Crippen MR) is 113 cm³/mol. The highest BCUT2D eigenvalue weighted by molar-refractivity contribution is 5.77. The van der Waals surface area contributed by atoms with Crippen molar-refractivity contribution in [1.29, 1.82) is 0 Å². The zero-order valence-electron chi connectivity index (χ0n) is 16.9. The van der Waals surface area contributed by atoms with Crippen LogP contribution in [0.15, 0.2) is 59.7 Å². The van der Waals surface area contributed by atoms with Gasteiger partial charge in [0.1, 0.15) is 11.6 Å². The van der Waals surface area contributed by atoms with E-state index in [2.05, 4.69) is 15.0 Å². The van der Waals surface area contributed by atoms with E-state index < -0.39 is 0 Å². The summed E-state index contributed by atoms with van der Waals surface area (Å²) in [6.07, 6.45) is 5.98. The topological polar surface area (TPSA) is 88.2 Å². The first kappa shape index (κ1) is 19.8. The van der Waals surface area contributed by atoms with Gasteiger partial charge in [0, 0.05) is 37.0 Å². The lowest BCUT2D eigenvalue weighted by Crippen LogP contribution is -2.32. The van der Waals surface area contributed by atoms with Gasteiger partial charge >= 0.3 is 0 Å². The van der Waals surface area contributed by atoms with Crippen LogP contribution in [-0.4, -0.2) is 39.4 Å². The molecule has 0 saturated carbocycles. The predicted octanol–water partition coefficient (Wildman–Crippen LogP) is 3.14. The summed E-state index contributed by atoms with van der Waals surface area (Å²) in [5, 5.41) is 0. The van der Waals surface area contributed by atoms with Gasteiger partial charge in [0.2, 0.25) is 5.91 Å². The number of pyridine rings is 1. The molecule has 30 heavy (non-hydrogen) atoms. The van der Waals surface area contributed by atoms with Crippen molar-refractivity contribution in [2.75, 3.05) is 13.7 Å². The molecule has 1 N–H and O–H groups in total. The lowest BCUT2D eigenvalue weighted by molar-refractivity contribution is -0.132. The number of para-hydroxylation sites is 1. The Morgan fingerprint density at radius 1 is 1.23 bits per heavy atom. The standard InChI is InChI=1S/C23H24N4O3/c1-30-20-7-3-2-5-17(20)8-9-22(29)27-14-4-6-19(27)23-25-18(15-21(28)26-23)16-10-12-24-13-11-16/h2-3,5,7,10-13,15,19H,4,6,8-9,14H2,1H3,(H,25,26,28)/t19-/m0/s1. The average Bonchev–Trinajstić information content (AvgIpc) is 3.28. The number of hydrogen-bond acceptors (Lipinski definition) is 5. The number of aromatic nitrogens is 3. The summed E-state index contributed by atoms with van der Waals surface area (Å²) in [7, 11) is 1.63. The fourth-order valence-electron chi connectivity index (χ4n) is 3.95. The lowest BCUT2D eigenvalue weighted by Gasteiger charge is -2.24. The summed E-state index contributed by atoms with van der Waals surface area (Å²) in [6.45, 7) is 0.665. The van der Waals surface area contributed by atoms with E-state index in [0.29, 0.717) is 30.9 Å². The quantitative estimate of drug-likeness (QED) is 0.682. The van der Waals surface area contributed by atoms with Gasteiger partial charge in [-0.05, 0) is 43.0 Å². The Labute approximate surface area is 174 Å². The number of nitrogens with zero attached hydrogens (tertiary/aromatic N) is 3. The van der Waals surface area contributed by atoms with Crippen LogP contribution in [0.25, 0.3) is 11.3 Å². The van der Waals surface area contributed by atoms with Gasteiger partial charge in [0.05, 0.1) is 18.8 Å². The minimum Gasteiger partial charge on any atom is -0.496 e. The number of aryl methyl sites for hydroxylation is 1. The molecule has 4 rings (SSSR count). The van der Waals surface area contributed by atoms with E-state index in [1.165, 1.54) is 6.07 Å². The fourth-order valence-corrected chi connectivity index (χ4v) is 3.95. The molecule has 1 aliphatic heterocycles. The third-order valence-corrected chi connectivity index (χ3v) is 5.43. The van der Waals surface area contributed by atoms with Crippen LogP contribution < -0.4 is 10.3 Å². The summed E-state index contributed by atoms with van der Waals surface area (Å²) >= 11 is 0. The van der Waals surface area contributed by atoms with Gasteiger partial charge in [0.15, 0.2) is 0 Å². The molecule has 1 amide bonds. The normalized spacial score (nSPS) is 15.9. The number of hydrogen-bond donors (Lipinski definition) is 1. The van der Waals surface area contributed by atoms with Gasteiger partial charge in [-0.3, -0.25) is 14.6 Å². The van der Waals surface area contributed by atoms with Crippen LogP contribution in [0, 0.1) is 0 Å². The highest BCUT2D eigenvalue weighted by Crippen LogP contribution is 2.31. The summed E-state index contributed by atoms with van der Waals surface area (Å²) < 4.78 is 5.38. The highest BCUT2D eigenvalue weighted by atomic mass is 16.5. The lowest BCUT2D eigenvalue weighted by atomic mass is 10.1. The van der Waals surface area contributed by atoms with Crippen molar-refractivity contribution >= 4 is 5.91 Å². The van der Waals surface area contributed by atoms with Gasteiger partial charge < -0.3 is 14.6 Å². The van der Waals surface area contributed by atoms with Crippen LogP contribution in [0.4, 0.5) is 0 Å². The second kappa shape index (κ2) is 8.90. The molecule has 1 aliphatic rings. The molecule has 1 atom stereocenters. The Hall–Kier alpha value is -3.48. The molecule has 3 aromatic rings. The summed E-state index contributed by atoms with van der Waals surface area (Å²) in [4.78, 5) is 38.6. The second-order valence-corrected chi connectivity index (χ2v) is 7.31. The molecular formula is C23H24N4O3. The summed E-state index contributed by atoms with van der Waals surface area (Å²) in [5.74, 6) is 1.39. The van der Waals surface area contributed by atoms with Crippen LogP contribution in [0.5, 0.6) is 5.75 Å². The minimum absolute atomic E-state index is 0.0559. The van der Waals surface area contributed by atoms with Crippen molar-refractivity contribution in [1.82, 2.24) is 19.9 Å². The van der Waals surface area contributed by atoms with E-state index in [0.717, 1.165) is 29.7 Å². The number of aromatic amines is 1. The summed E-state index contributed by atoms with van der Waals surface area (Å²) in [5.41, 5.74) is 2.20. The third-order valence-electron chi connectivity index (χ3n) is 5.43. The molecule has 154 valence electrons. The SMILES string of the molecule is COc1ccccc1CCC(=O)N1CCC[C@H]1c1nc(-c2ccncc2)cc(=O)[nH]1. The Kier molecular flexibility index (Phi) is 5.88. The van der Waals surface area contributed by atoms with Crippen LogP contribution in [0.1, 0.15) is 36.7 Å². The Balaban J connectivity index is 1.53. The van der Waals surface area contributed by atoms with Gasteiger partial charge in [-0.1, -0.05) is 18.2 Å². The first-order chi connectivity index (χ1) is 14.7. The largest absolute Gasteiger partial charge is 0.496 e.